The number of nitrogens with two attached hydrogens (primary N) is 1. The first-order valence-electron chi connectivity index (χ1n) is 3.98. The third-order valence-electron chi connectivity index (χ3n) is 1.66. The van der Waals surface area contributed by atoms with E-state index in [1.54, 1.807) is 0 Å². The Morgan fingerprint density at radius 2 is 2.13 bits per heavy atom. The summed E-state index contributed by atoms with van der Waals surface area (Å²) in [6.07, 6.45) is 0. The van der Waals surface area contributed by atoms with Crippen LogP contribution < -0.4 is 15.4 Å². The molecule has 1 rings (SSSR count). The van der Waals surface area contributed by atoms with Crippen LogP contribution in [0.3, 0.4) is 0 Å². The van der Waals surface area contributed by atoms with Crippen molar-refractivity contribution in [3.8, 4) is 5.75 Å². The number of rotatable bonds is 2. The number of benzene rings is 1. The van der Waals surface area contributed by atoms with Gasteiger partial charge in [0.2, 0.25) is 0 Å². The molecule has 0 saturated carbocycles. The van der Waals surface area contributed by atoms with Gasteiger partial charge < -0.3 is 0 Å². The number of aromatic hydroxyl groups is 1. The molecule has 0 saturated heterocycles. The van der Waals surface area contributed by atoms with Gasteiger partial charge in [-0.25, -0.2) is 0 Å². The predicted molar refractivity (Wildman–Crippen MR) is 55.1 cm³/mol. The normalized spacial score (nSPS) is 10.9. The fourth-order valence-electron chi connectivity index (χ4n) is 1.04. The summed E-state index contributed by atoms with van der Waals surface area (Å²) in [5.41, 5.74) is 5.41. The summed E-state index contributed by atoms with van der Waals surface area (Å²) >= 11 is -3.31. The summed E-state index contributed by atoms with van der Waals surface area (Å²) < 4.78 is 19.9. The molecule has 0 aromatic heterocycles. The van der Waals surface area contributed by atoms with Crippen molar-refractivity contribution >= 4 is 36.6 Å². The summed E-state index contributed by atoms with van der Waals surface area (Å²) in [5, 5.41) is 11.8. The van der Waals surface area contributed by atoms with Crippen molar-refractivity contribution in [2.24, 2.45) is 0 Å². The Morgan fingerprint density at radius 3 is 2.60 bits per heavy atom. The molecule has 0 aliphatic heterocycles. The Bertz CT molecular complexity index is 433. The molecule has 0 aliphatic carbocycles. The first-order chi connectivity index (χ1) is 6.91. The van der Waals surface area contributed by atoms with Gasteiger partial charge in [-0.1, -0.05) is 0 Å². The van der Waals surface area contributed by atoms with Crippen molar-refractivity contribution in [2.45, 2.75) is 6.92 Å². The maximum absolute atomic E-state index is 10.9. The van der Waals surface area contributed by atoms with Crippen molar-refractivity contribution in [3.05, 3.63) is 12.1 Å². The van der Waals surface area contributed by atoms with Crippen LogP contribution in [-0.4, -0.2) is 30.0 Å². The van der Waals surface area contributed by atoms with Crippen molar-refractivity contribution in [1.29, 1.82) is 0 Å². The monoisotopic (exact) mass is 273 g/mol. The second-order valence-electron chi connectivity index (χ2n) is 2.89. The summed E-state index contributed by atoms with van der Waals surface area (Å²) in [6.45, 7) is 1.26. The number of carbonyl (C=O) groups excluding carboxylic acids is 1. The fourth-order valence-corrected chi connectivity index (χ4v) is 2.06. The van der Waals surface area contributed by atoms with E-state index in [9.17, 15) is 13.6 Å². The van der Waals surface area contributed by atoms with Crippen LogP contribution in [0.25, 0.3) is 0 Å². The van der Waals surface area contributed by atoms with E-state index >= 15 is 0 Å². The van der Waals surface area contributed by atoms with Crippen molar-refractivity contribution < 1.29 is 17.7 Å². The van der Waals surface area contributed by atoms with Crippen LogP contribution in [0.4, 0.5) is 11.4 Å². The molecule has 6 nitrogen and oxygen atoms in total. The Balaban J connectivity index is 3.24. The van der Waals surface area contributed by atoms with Crippen LogP contribution in [0.2, 0.25) is 0 Å². The van der Waals surface area contributed by atoms with E-state index in [1.807, 2.05) is 0 Å². The van der Waals surface area contributed by atoms with Gasteiger partial charge in [-0.05, 0) is 0 Å². The minimum absolute atomic E-state index is 0.0412. The standard InChI is InChI=1S/C8H10AsN2O4/c1-4(12)11-7-3-5(9(14)15)2-6(10)8(7)13/h2-3,13H,10H2,1H3,(H,11,12)(H,14,15). The molecule has 0 spiro atoms. The third kappa shape index (κ3) is 2.78. The van der Waals surface area contributed by atoms with Gasteiger partial charge in [0.05, 0.1) is 0 Å². The van der Waals surface area contributed by atoms with E-state index in [4.69, 9.17) is 9.83 Å². The first kappa shape index (κ1) is 11.7. The van der Waals surface area contributed by atoms with Gasteiger partial charge >= 0.3 is 90.2 Å². The van der Waals surface area contributed by atoms with Gasteiger partial charge in [0.1, 0.15) is 0 Å². The number of hydrogen-bond donors (Lipinski definition) is 4. The van der Waals surface area contributed by atoms with Gasteiger partial charge in [-0.2, -0.15) is 0 Å². The zero-order valence-corrected chi connectivity index (χ0v) is 9.77. The summed E-state index contributed by atoms with van der Waals surface area (Å²) in [7, 11) is 0. The molecular formula is C8H10AsN2O4. The molecule has 0 bridgehead atoms. The van der Waals surface area contributed by atoms with Crippen LogP contribution >= 0.6 is 0 Å². The number of phenols is 1. The number of amides is 1. The van der Waals surface area contributed by atoms with Crippen LogP contribution in [-0.2, 0) is 8.53 Å². The molecule has 5 N–H and O–H groups in total. The van der Waals surface area contributed by atoms with Crippen molar-refractivity contribution in [1.82, 2.24) is 0 Å². The van der Waals surface area contributed by atoms with E-state index in [-0.39, 0.29) is 21.5 Å². The Labute approximate surface area is 90.6 Å². The molecule has 1 atom stereocenters. The average Bonchev–Trinajstić information content (AvgIpc) is 2.11. The molecule has 0 aliphatic rings. The van der Waals surface area contributed by atoms with Crippen LogP contribution in [0, 0.1) is 0 Å². The van der Waals surface area contributed by atoms with Gasteiger partial charge in [0.15, 0.2) is 0 Å². The summed E-state index contributed by atoms with van der Waals surface area (Å²) in [4.78, 5) is 10.8. The maximum atomic E-state index is 10.9. The molecule has 15 heavy (non-hydrogen) atoms. The SMILES string of the molecule is CC(=O)Nc1cc([As](=O)O)cc(N)c1O. The predicted octanol–water partition coefficient (Wildman–Crippen LogP) is -0.949. The van der Waals surface area contributed by atoms with Crippen molar-refractivity contribution in [3.63, 3.8) is 0 Å². The van der Waals surface area contributed by atoms with Crippen molar-refractivity contribution in [2.75, 3.05) is 11.1 Å². The molecule has 1 unspecified atom stereocenters. The number of anilines is 2. The molecule has 1 aromatic rings. The number of nitrogens with one attached hydrogen (secondary N) is 1. The molecular weight excluding hydrogens is 263 g/mol. The van der Waals surface area contributed by atoms with E-state index in [0.717, 1.165) is 0 Å². The zero-order valence-electron chi connectivity index (χ0n) is 7.89. The topological polar surface area (TPSA) is 113 Å². The number of carbonyl (C=O) groups is 1. The second-order valence-corrected chi connectivity index (χ2v) is 5.11. The van der Waals surface area contributed by atoms with Gasteiger partial charge in [-0.3, -0.25) is 0 Å². The molecule has 0 heterocycles. The van der Waals surface area contributed by atoms with Crippen LogP contribution in [0.15, 0.2) is 12.1 Å². The second kappa shape index (κ2) is 4.42. The fraction of sp³-hybridized carbons (Fsp3) is 0.125. The first-order valence-corrected chi connectivity index (χ1v) is 6.52. The van der Waals surface area contributed by atoms with Gasteiger partial charge in [-0.15, -0.1) is 0 Å². The minimum atomic E-state index is -3.31. The molecule has 7 heteroatoms. The quantitative estimate of drug-likeness (QED) is 0.315. The molecule has 1 radical (unpaired) electrons. The van der Waals surface area contributed by atoms with E-state index < -0.39 is 20.8 Å². The summed E-state index contributed by atoms with van der Waals surface area (Å²) in [5.74, 6) is -0.700. The van der Waals surface area contributed by atoms with E-state index in [0.29, 0.717) is 0 Å². The Morgan fingerprint density at radius 1 is 1.53 bits per heavy atom. The number of hydrogen-bond acceptors (Lipinski definition) is 4. The van der Waals surface area contributed by atoms with E-state index in [2.05, 4.69) is 5.32 Å². The molecule has 81 valence electrons. The van der Waals surface area contributed by atoms with Gasteiger partial charge in [0.25, 0.3) is 0 Å². The molecule has 1 aromatic carbocycles. The van der Waals surface area contributed by atoms with Gasteiger partial charge in [0, 0.05) is 0 Å². The average molecular weight is 273 g/mol. The Kier molecular flexibility index (Phi) is 3.44. The van der Waals surface area contributed by atoms with Crippen LogP contribution in [0.5, 0.6) is 5.75 Å². The summed E-state index contributed by atoms with van der Waals surface area (Å²) in [6, 6.07) is 2.45. The number of nitrogen functional groups attached to an aromatic ring is 1. The zero-order chi connectivity index (χ0) is 11.6. The third-order valence-corrected chi connectivity index (χ3v) is 3.12. The molecule has 0 fully saturated rings. The van der Waals surface area contributed by atoms with Crippen LogP contribution in [0.1, 0.15) is 6.92 Å². The van der Waals surface area contributed by atoms with E-state index in [1.165, 1.54) is 19.1 Å². The molecule has 1 amide bonds. The number of phenolic OH excluding ortho intramolecular Hbond substituents is 1. The Hall–Kier alpha value is -1.39.